The van der Waals surface area contributed by atoms with Gasteiger partial charge in [0.05, 0.1) is 0 Å². The summed E-state index contributed by atoms with van der Waals surface area (Å²) in [5.41, 5.74) is 1.68. The van der Waals surface area contributed by atoms with E-state index in [9.17, 15) is 18.3 Å². The lowest BCUT2D eigenvalue weighted by Crippen LogP contribution is -2.30. The van der Waals surface area contributed by atoms with Crippen molar-refractivity contribution in [3.8, 4) is 5.75 Å². The normalized spacial score (nSPS) is 13.9. The maximum absolute atomic E-state index is 12.1. The summed E-state index contributed by atoms with van der Waals surface area (Å²) in [6.45, 7) is 3.48. The summed E-state index contributed by atoms with van der Waals surface area (Å²) in [7, 11) is 0. The molecule has 0 saturated carbocycles. The van der Waals surface area contributed by atoms with Gasteiger partial charge < -0.3 is 10.2 Å². The number of hydrogen-bond acceptors (Lipinski definition) is 2. The molecule has 1 atom stereocenters. The van der Waals surface area contributed by atoms with Crippen LogP contribution in [0.25, 0.3) is 0 Å². The molecule has 0 amide bonds. The van der Waals surface area contributed by atoms with Crippen LogP contribution in [0.2, 0.25) is 0 Å². The number of aliphatic hydroxyl groups is 1. The molecule has 16 heavy (non-hydrogen) atoms. The largest absolute Gasteiger partial charge is 0.508 e. The molecule has 0 spiro atoms. The number of benzene rings is 1. The molecule has 1 aromatic rings. The first kappa shape index (κ1) is 12.8. The molecule has 0 aliphatic heterocycles. The van der Waals surface area contributed by atoms with Crippen molar-refractivity contribution in [2.45, 2.75) is 32.5 Å². The smallest absolute Gasteiger partial charge is 0.414 e. The van der Waals surface area contributed by atoms with Gasteiger partial charge in [0, 0.05) is 6.42 Å². The molecule has 0 radical (unpaired) electrons. The average molecular weight is 234 g/mol. The van der Waals surface area contributed by atoms with Crippen molar-refractivity contribution in [3.05, 3.63) is 28.8 Å². The highest BCUT2D eigenvalue weighted by Crippen LogP contribution is 2.28. The van der Waals surface area contributed by atoms with E-state index in [-0.39, 0.29) is 11.3 Å². The Morgan fingerprint density at radius 1 is 1.19 bits per heavy atom. The number of aryl methyl sites for hydroxylation is 2. The Balaban J connectivity index is 2.94. The van der Waals surface area contributed by atoms with Crippen LogP contribution in [0.3, 0.4) is 0 Å². The van der Waals surface area contributed by atoms with Crippen LogP contribution in [-0.2, 0) is 6.42 Å². The van der Waals surface area contributed by atoms with Gasteiger partial charge in [-0.25, -0.2) is 0 Å². The van der Waals surface area contributed by atoms with Crippen LogP contribution in [0.1, 0.15) is 16.7 Å². The number of phenols is 1. The highest BCUT2D eigenvalue weighted by atomic mass is 19.4. The molecule has 5 heteroatoms. The second-order valence-electron chi connectivity index (χ2n) is 3.83. The van der Waals surface area contributed by atoms with Crippen molar-refractivity contribution in [1.82, 2.24) is 0 Å². The second kappa shape index (κ2) is 4.33. The van der Waals surface area contributed by atoms with E-state index in [1.54, 1.807) is 13.8 Å². The van der Waals surface area contributed by atoms with Crippen LogP contribution in [0, 0.1) is 13.8 Å². The van der Waals surface area contributed by atoms with Crippen LogP contribution in [0.5, 0.6) is 5.75 Å². The summed E-state index contributed by atoms with van der Waals surface area (Å²) in [6.07, 6.45) is -7.73. The van der Waals surface area contributed by atoms with Crippen LogP contribution in [-0.4, -0.2) is 22.5 Å². The van der Waals surface area contributed by atoms with Gasteiger partial charge in [0.25, 0.3) is 0 Å². The predicted molar refractivity (Wildman–Crippen MR) is 53.3 cm³/mol. The van der Waals surface area contributed by atoms with Gasteiger partial charge in [-0.2, -0.15) is 13.2 Å². The van der Waals surface area contributed by atoms with Gasteiger partial charge in [-0.3, -0.25) is 0 Å². The molecule has 0 heterocycles. The number of aliphatic hydroxyl groups excluding tert-OH is 1. The fourth-order valence-electron chi connectivity index (χ4n) is 1.35. The van der Waals surface area contributed by atoms with Crippen LogP contribution in [0.15, 0.2) is 12.1 Å². The molecule has 1 rings (SSSR count). The minimum atomic E-state index is -4.66. The van der Waals surface area contributed by atoms with Gasteiger partial charge >= 0.3 is 6.18 Å². The molecule has 1 unspecified atom stereocenters. The van der Waals surface area contributed by atoms with E-state index in [0.29, 0.717) is 0 Å². The molecule has 0 aliphatic rings. The molecule has 0 saturated heterocycles. The molecule has 90 valence electrons. The first-order valence-corrected chi connectivity index (χ1v) is 4.75. The average Bonchev–Trinajstić information content (AvgIpc) is 2.12. The zero-order valence-electron chi connectivity index (χ0n) is 8.97. The lowest BCUT2D eigenvalue weighted by Gasteiger charge is -2.16. The number of aromatic hydroxyl groups is 1. The summed E-state index contributed by atoms with van der Waals surface area (Å²) in [5, 5.41) is 18.3. The molecule has 0 bridgehead atoms. The number of hydrogen-bond donors (Lipinski definition) is 2. The van der Waals surface area contributed by atoms with E-state index in [4.69, 9.17) is 5.11 Å². The first-order valence-electron chi connectivity index (χ1n) is 4.75. The first-order chi connectivity index (χ1) is 7.21. The molecule has 2 N–H and O–H groups in total. The van der Waals surface area contributed by atoms with Crippen molar-refractivity contribution in [1.29, 1.82) is 0 Å². The minimum Gasteiger partial charge on any atom is -0.508 e. The predicted octanol–water partition coefficient (Wildman–Crippen LogP) is 2.47. The molecule has 1 aromatic carbocycles. The topological polar surface area (TPSA) is 40.5 Å². The Labute approximate surface area is 91.3 Å². The third kappa shape index (κ3) is 2.88. The second-order valence-corrected chi connectivity index (χ2v) is 3.83. The van der Waals surface area contributed by atoms with Gasteiger partial charge in [0.2, 0.25) is 0 Å². The summed E-state index contributed by atoms with van der Waals surface area (Å²) >= 11 is 0. The standard InChI is InChI=1S/C11H13F3O2/c1-6-3-8(9(15)4-7(6)2)5-10(16)11(12,13)14/h3-4,10,15-16H,5H2,1-2H3. The quantitative estimate of drug-likeness (QED) is 0.825. The molecule has 0 aliphatic carbocycles. The zero-order chi connectivity index (χ0) is 12.5. The Hall–Kier alpha value is -1.23. The number of alkyl halides is 3. The van der Waals surface area contributed by atoms with Crippen molar-refractivity contribution in [2.75, 3.05) is 0 Å². The maximum Gasteiger partial charge on any atom is 0.414 e. The van der Waals surface area contributed by atoms with Crippen LogP contribution >= 0.6 is 0 Å². The van der Waals surface area contributed by atoms with Gasteiger partial charge in [-0.1, -0.05) is 6.07 Å². The van der Waals surface area contributed by atoms with Crippen molar-refractivity contribution in [2.24, 2.45) is 0 Å². The van der Waals surface area contributed by atoms with Crippen molar-refractivity contribution < 1.29 is 23.4 Å². The summed E-state index contributed by atoms with van der Waals surface area (Å²) < 4.78 is 36.3. The van der Waals surface area contributed by atoms with E-state index < -0.39 is 18.7 Å². The summed E-state index contributed by atoms with van der Waals surface area (Å²) in [5.74, 6) is -0.216. The number of rotatable bonds is 2. The van der Waals surface area contributed by atoms with Gasteiger partial charge in [-0.05, 0) is 36.6 Å². The van der Waals surface area contributed by atoms with Gasteiger partial charge in [0.15, 0.2) is 6.10 Å². The molecule has 0 aromatic heterocycles. The summed E-state index contributed by atoms with van der Waals surface area (Å²) in [6, 6.07) is 2.85. The molecular formula is C11H13F3O2. The lowest BCUT2D eigenvalue weighted by molar-refractivity contribution is -0.203. The fourth-order valence-corrected chi connectivity index (χ4v) is 1.35. The van der Waals surface area contributed by atoms with Gasteiger partial charge in [-0.15, -0.1) is 0 Å². The SMILES string of the molecule is Cc1cc(O)c(CC(O)C(F)(F)F)cc1C. The Bertz CT molecular complexity index is 386. The molecular weight excluding hydrogens is 221 g/mol. The van der Waals surface area contributed by atoms with E-state index in [2.05, 4.69) is 0 Å². The fraction of sp³-hybridized carbons (Fsp3) is 0.455. The Morgan fingerprint density at radius 2 is 1.69 bits per heavy atom. The number of phenolic OH excluding ortho intramolecular Hbond substituents is 1. The van der Waals surface area contributed by atoms with Crippen LogP contribution < -0.4 is 0 Å². The van der Waals surface area contributed by atoms with E-state index in [1.807, 2.05) is 0 Å². The van der Waals surface area contributed by atoms with Crippen molar-refractivity contribution >= 4 is 0 Å². The zero-order valence-corrected chi connectivity index (χ0v) is 8.97. The third-order valence-corrected chi connectivity index (χ3v) is 2.49. The maximum atomic E-state index is 12.1. The minimum absolute atomic E-state index is 0.105. The van der Waals surface area contributed by atoms with E-state index >= 15 is 0 Å². The lowest BCUT2D eigenvalue weighted by atomic mass is 10.0. The highest BCUT2D eigenvalue weighted by molar-refractivity contribution is 5.41. The van der Waals surface area contributed by atoms with E-state index in [0.717, 1.165) is 11.1 Å². The molecule has 0 fully saturated rings. The number of halogens is 3. The highest BCUT2D eigenvalue weighted by Gasteiger charge is 2.38. The Morgan fingerprint density at radius 3 is 2.19 bits per heavy atom. The van der Waals surface area contributed by atoms with E-state index in [1.165, 1.54) is 12.1 Å². The Kier molecular flexibility index (Phi) is 3.48. The van der Waals surface area contributed by atoms with Gasteiger partial charge in [0.1, 0.15) is 5.75 Å². The summed E-state index contributed by atoms with van der Waals surface area (Å²) in [4.78, 5) is 0. The third-order valence-electron chi connectivity index (χ3n) is 2.49. The monoisotopic (exact) mass is 234 g/mol. The molecule has 2 nitrogen and oxygen atoms in total. The van der Waals surface area contributed by atoms with Crippen molar-refractivity contribution in [3.63, 3.8) is 0 Å². The van der Waals surface area contributed by atoms with Crippen LogP contribution in [0.4, 0.5) is 13.2 Å².